The van der Waals surface area contributed by atoms with E-state index in [1.807, 2.05) is 24.3 Å². The molecule has 3 heterocycles. The molecule has 0 spiro atoms. The SMILES string of the molecule is O=S1(=O)C=CC(Nc2ncnc3c2oc2ccccc23)C1. The predicted molar refractivity (Wildman–Crippen MR) is 79.6 cm³/mol. The first-order valence-corrected chi connectivity index (χ1v) is 8.14. The smallest absolute Gasteiger partial charge is 0.196 e. The molecule has 1 aromatic carbocycles. The molecule has 1 unspecified atom stereocenters. The van der Waals surface area contributed by atoms with Crippen LogP contribution in [0.15, 0.2) is 46.5 Å². The maximum absolute atomic E-state index is 11.5. The Morgan fingerprint density at radius 2 is 2.10 bits per heavy atom. The number of fused-ring (bicyclic) bond motifs is 3. The van der Waals surface area contributed by atoms with Crippen molar-refractivity contribution < 1.29 is 12.8 Å². The molecule has 0 saturated heterocycles. The van der Waals surface area contributed by atoms with Crippen LogP contribution in [0.1, 0.15) is 0 Å². The highest BCUT2D eigenvalue weighted by Crippen LogP contribution is 2.30. The van der Waals surface area contributed by atoms with E-state index in [0.29, 0.717) is 16.9 Å². The number of aromatic nitrogens is 2. The van der Waals surface area contributed by atoms with Crippen LogP contribution in [-0.4, -0.2) is 30.2 Å². The van der Waals surface area contributed by atoms with Crippen molar-refractivity contribution >= 4 is 37.7 Å². The minimum Gasteiger partial charge on any atom is -0.450 e. The standard InChI is InChI=1S/C14H11N3O3S/c18-21(19)6-5-9(7-21)17-14-13-12(15-8-16-14)10-3-1-2-4-11(10)20-13/h1-6,8-9H,7H2,(H,15,16,17). The lowest BCUT2D eigenvalue weighted by atomic mass is 10.2. The van der Waals surface area contributed by atoms with Crippen molar-refractivity contribution in [3.8, 4) is 0 Å². The molecule has 1 aliphatic rings. The van der Waals surface area contributed by atoms with E-state index in [0.717, 1.165) is 11.0 Å². The molecule has 0 aliphatic carbocycles. The second-order valence-corrected chi connectivity index (χ2v) is 6.84. The van der Waals surface area contributed by atoms with E-state index in [1.165, 1.54) is 11.7 Å². The lowest BCUT2D eigenvalue weighted by Gasteiger charge is -2.09. The van der Waals surface area contributed by atoms with Crippen molar-refractivity contribution in [3.63, 3.8) is 0 Å². The van der Waals surface area contributed by atoms with Crippen LogP contribution in [0.3, 0.4) is 0 Å². The Balaban J connectivity index is 1.81. The first-order valence-electron chi connectivity index (χ1n) is 6.42. The van der Waals surface area contributed by atoms with Crippen molar-refractivity contribution in [2.75, 3.05) is 11.1 Å². The summed E-state index contributed by atoms with van der Waals surface area (Å²) in [5.41, 5.74) is 1.98. The number of hydrogen-bond acceptors (Lipinski definition) is 6. The predicted octanol–water partition coefficient (Wildman–Crippen LogP) is 2.10. The molecule has 4 rings (SSSR count). The molecule has 1 aliphatic heterocycles. The fourth-order valence-corrected chi connectivity index (χ4v) is 3.70. The topological polar surface area (TPSA) is 85.1 Å². The van der Waals surface area contributed by atoms with Gasteiger partial charge in [-0.05, 0) is 18.2 Å². The number of nitrogens with one attached hydrogen (secondary N) is 1. The molecule has 2 aromatic heterocycles. The molecule has 0 radical (unpaired) electrons. The van der Waals surface area contributed by atoms with Gasteiger partial charge in [-0.25, -0.2) is 18.4 Å². The molecule has 0 saturated carbocycles. The van der Waals surface area contributed by atoms with E-state index in [4.69, 9.17) is 4.42 Å². The zero-order chi connectivity index (χ0) is 14.4. The molecule has 1 N–H and O–H groups in total. The van der Waals surface area contributed by atoms with Crippen LogP contribution in [0.5, 0.6) is 0 Å². The van der Waals surface area contributed by atoms with Crippen LogP contribution >= 0.6 is 0 Å². The van der Waals surface area contributed by atoms with E-state index in [-0.39, 0.29) is 11.8 Å². The zero-order valence-corrected chi connectivity index (χ0v) is 11.7. The van der Waals surface area contributed by atoms with Gasteiger partial charge in [0.25, 0.3) is 0 Å². The van der Waals surface area contributed by atoms with Gasteiger partial charge in [-0.15, -0.1) is 0 Å². The van der Waals surface area contributed by atoms with E-state index in [2.05, 4.69) is 15.3 Å². The summed E-state index contributed by atoms with van der Waals surface area (Å²) in [6, 6.07) is 7.29. The van der Waals surface area contributed by atoms with Crippen molar-refractivity contribution in [3.05, 3.63) is 42.1 Å². The van der Waals surface area contributed by atoms with Gasteiger partial charge in [0.2, 0.25) is 0 Å². The number of nitrogens with zero attached hydrogens (tertiary/aromatic N) is 2. The summed E-state index contributed by atoms with van der Waals surface area (Å²) in [5.74, 6) is 0.529. The highest BCUT2D eigenvalue weighted by Gasteiger charge is 2.23. The molecule has 7 heteroatoms. The quantitative estimate of drug-likeness (QED) is 0.780. The minimum absolute atomic E-state index is 0.0265. The Morgan fingerprint density at radius 1 is 1.24 bits per heavy atom. The number of furan rings is 1. The fourth-order valence-electron chi connectivity index (χ4n) is 2.47. The summed E-state index contributed by atoms with van der Waals surface area (Å²) >= 11 is 0. The second kappa shape index (κ2) is 4.29. The lowest BCUT2D eigenvalue weighted by molar-refractivity contribution is 0.605. The normalized spacial score (nSPS) is 20.3. The molecule has 21 heavy (non-hydrogen) atoms. The van der Waals surface area contributed by atoms with Crippen LogP contribution in [0.25, 0.3) is 22.1 Å². The van der Waals surface area contributed by atoms with Crippen molar-refractivity contribution in [1.82, 2.24) is 9.97 Å². The number of benzene rings is 1. The molecular weight excluding hydrogens is 290 g/mol. The van der Waals surface area contributed by atoms with Crippen LogP contribution in [-0.2, 0) is 9.84 Å². The Labute approximate surface area is 120 Å². The van der Waals surface area contributed by atoms with Gasteiger partial charge in [0, 0.05) is 10.8 Å². The second-order valence-electron chi connectivity index (χ2n) is 4.91. The maximum Gasteiger partial charge on any atom is 0.196 e. The van der Waals surface area contributed by atoms with Crippen LogP contribution in [0.2, 0.25) is 0 Å². The Morgan fingerprint density at radius 3 is 2.90 bits per heavy atom. The monoisotopic (exact) mass is 301 g/mol. The van der Waals surface area contributed by atoms with E-state index < -0.39 is 9.84 Å². The molecule has 3 aromatic rings. The van der Waals surface area contributed by atoms with Crippen LogP contribution < -0.4 is 5.32 Å². The van der Waals surface area contributed by atoms with Crippen LogP contribution in [0, 0.1) is 0 Å². The Hall–Kier alpha value is -2.41. The molecular formula is C14H11N3O3S. The highest BCUT2D eigenvalue weighted by molar-refractivity contribution is 7.94. The summed E-state index contributed by atoms with van der Waals surface area (Å²) in [7, 11) is -3.11. The third-order valence-corrected chi connectivity index (χ3v) is 4.81. The number of rotatable bonds is 2. The highest BCUT2D eigenvalue weighted by atomic mass is 32.2. The Bertz CT molecular complexity index is 975. The molecule has 0 bridgehead atoms. The minimum atomic E-state index is -3.11. The van der Waals surface area contributed by atoms with Crippen molar-refractivity contribution in [2.24, 2.45) is 0 Å². The van der Waals surface area contributed by atoms with Gasteiger partial charge in [-0.3, -0.25) is 0 Å². The fraction of sp³-hybridized carbons (Fsp3) is 0.143. The third-order valence-electron chi connectivity index (χ3n) is 3.41. The summed E-state index contributed by atoms with van der Waals surface area (Å²) in [6.07, 6.45) is 3.06. The molecule has 6 nitrogen and oxygen atoms in total. The van der Waals surface area contributed by atoms with Gasteiger partial charge in [0.1, 0.15) is 17.4 Å². The Kier molecular flexibility index (Phi) is 2.52. The molecule has 106 valence electrons. The number of para-hydroxylation sites is 1. The summed E-state index contributed by atoms with van der Waals surface area (Å²) < 4.78 is 28.7. The number of hydrogen-bond donors (Lipinski definition) is 1. The average molecular weight is 301 g/mol. The molecule has 0 amide bonds. The number of sulfone groups is 1. The zero-order valence-electron chi connectivity index (χ0n) is 10.9. The largest absolute Gasteiger partial charge is 0.450 e. The maximum atomic E-state index is 11.5. The van der Waals surface area contributed by atoms with Crippen molar-refractivity contribution in [1.29, 1.82) is 0 Å². The van der Waals surface area contributed by atoms with Gasteiger partial charge in [-0.2, -0.15) is 0 Å². The number of anilines is 1. The summed E-state index contributed by atoms with van der Waals surface area (Å²) in [6.45, 7) is 0. The first kappa shape index (κ1) is 12.3. The van der Waals surface area contributed by atoms with Crippen molar-refractivity contribution in [2.45, 2.75) is 6.04 Å². The lowest BCUT2D eigenvalue weighted by Crippen LogP contribution is -2.21. The van der Waals surface area contributed by atoms with Gasteiger partial charge in [0.15, 0.2) is 21.2 Å². The average Bonchev–Trinajstić information content (AvgIpc) is 3.00. The third kappa shape index (κ3) is 2.06. The van der Waals surface area contributed by atoms with E-state index in [9.17, 15) is 8.42 Å². The van der Waals surface area contributed by atoms with Gasteiger partial charge in [0.05, 0.1) is 11.8 Å². The summed E-state index contributed by atoms with van der Waals surface area (Å²) in [5, 5.41) is 5.22. The van der Waals surface area contributed by atoms with E-state index >= 15 is 0 Å². The van der Waals surface area contributed by atoms with Gasteiger partial charge < -0.3 is 9.73 Å². The van der Waals surface area contributed by atoms with Crippen LogP contribution in [0.4, 0.5) is 5.82 Å². The van der Waals surface area contributed by atoms with Gasteiger partial charge >= 0.3 is 0 Å². The summed E-state index contributed by atoms with van der Waals surface area (Å²) in [4.78, 5) is 8.42. The molecule has 1 atom stereocenters. The van der Waals surface area contributed by atoms with E-state index in [1.54, 1.807) is 6.08 Å². The molecule has 0 fully saturated rings. The van der Waals surface area contributed by atoms with Gasteiger partial charge in [-0.1, -0.05) is 12.1 Å². The first-order chi connectivity index (χ1) is 10.1.